The highest BCUT2D eigenvalue weighted by molar-refractivity contribution is 9.10. The summed E-state index contributed by atoms with van der Waals surface area (Å²) < 4.78 is 3.03. The summed E-state index contributed by atoms with van der Waals surface area (Å²) in [6, 6.07) is 7.08. The Balaban J connectivity index is 1.41. The molecule has 7 nitrogen and oxygen atoms in total. The fourth-order valence-electron chi connectivity index (χ4n) is 2.93. The predicted molar refractivity (Wildman–Crippen MR) is 101 cm³/mol. The molecule has 0 radical (unpaired) electrons. The van der Waals surface area contributed by atoms with E-state index in [1.54, 1.807) is 12.1 Å². The lowest BCUT2D eigenvalue weighted by Crippen LogP contribution is -2.31. The van der Waals surface area contributed by atoms with Gasteiger partial charge in [-0.1, -0.05) is 22.4 Å². The minimum atomic E-state index is -0.187. The molecule has 0 saturated heterocycles. The average molecular weight is 420 g/mol. The van der Waals surface area contributed by atoms with E-state index in [0.717, 1.165) is 41.9 Å². The maximum atomic E-state index is 12.0. The number of nitrogens with one attached hydrogen (secondary N) is 2. The normalized spacial score (nSPS) is 13.6. The van der Waals surface area contributed by atoms with E-state index < -0.39 is 0 Å². The topological polar surface area (TPSA) is 88.9 Å². The second-order valence-electron chi connectivity index (χ2n) is 6.28. The molecule has 26 heavy (non-hydrogen) atoms. The molecule has 0 unspecified atom stereocenters. The van der Waals surface area contributed by atoms with Crippen LogP contribution < -0.4 is 10.6 Å². The lowest BCUT2D eigenvalue weighted by molar-refractivity contribution is -0.121. The number of rotatable bonds is 6. The highest BCUT2D eigenvalue weighted by Crippen LogP contribution is 2.14. The van der Waals surface area contributed by atoms with Crippen molar-refractivity contribution in [1.29, 1.82) is 0 Å². The summed E-state index contributed by atoms with van der Waals surface area (Å²) in [6.45, 7) is 1.57. The van der Waals surface area contributed by atoms with E-state index in [0.29, 0.717) is 18.7 Å². The Kier molecular flexibility index (Phi) is 6.38. The predicted octanol–water partition coefficient (Wildman–Crippen LogP) is 2.20. The van der Waals surface area contributed by atoms with Gasteiger partial charge in [0.2, 0.25) is 5.91 Å². The van der Waals surface area contributed by atoms with E-state index in [2.05, 4.69) is 41.3 Å². The van der Waals surface area contributed by atoms with Crippen molar-refractivity contribution in [2.75, 3.05) is 6.54 Å². The van der Waals surface area contributed by atoms with Crippen molar-refractivity contribution in [2.45, 2.75) is 45.2 Å². The number of nitrogens with zero attached hydrogens (tertiary/aromatic N) is 3. The maximum absolute atomic E-state index is 12.0. The van der Waals surface area contributed by atoms with Gasteiger partial charge in [0.15, 0.2) is 5.82 Å². The smallest absolute Gasteiger partial charge is 0.251 e. The van der Waals surface area contributed by atoms with Crippen LogP contribution in [0.5, 0.6) is 0 Å². The van der Waals surface area contributed by atoms with Crippen LogP contribution in [0.3, 0.4) is 0 Å². The number of amides is 2. The molecular formula is C18H22BrN5O2. The van der Waals surface area contributed by atoms with Crippen LogP contribution in [0.25, 0.3) is 0 Å². The minimum absolute atomic E-state index is 0.118. The fraction of sp³-hybridized carbons (Fsp3) is 0.444. The zero-order chi connectivity index (χ0) is 18.4. The number of hydrogen-bond acceptors (Lipinski definition) is 4. The third-order valence-corrected chi connectivity index (χ3v) is 4.90. The fourth-order valence-corrected chi connectivity index (χ4v) is 3.20. The maximum Gasteiger partial charge on any atom is 0.251 e. The Bertz CT molecular complexity index is 772. The van der Waals surface area contributed by atoms with Crippen molar-refractivity contribution in [2.24, 2.45) is 0 Å². The number of carbonyl (C=O) groups excluding carboxylic acids is 2. The third-order valence-electron chi connectivity index (χ3n) is 4.37. The molecular weight excluding hydrogens is 398 g/mol. The number of benzene rings is 1. The third kappa shape index (κ3) is 4.91. The highest BCUT2D eigenvalue weighted by atomic mass is 79.9. The first-order valence-corrected chi connectivity index (χ1v) is 9.64. The van der Waals surface area contributed by atoms with Crippen molar-refractivity contribution in [1.82, 2.24) is 25.4 Å². The molecule has 1 aromatic heterocycles. The molecule has 0 spiro atoms. The van der Waals surface area contributed by atoms with Crippen LogP contribution in [0.2, 0.25) is 0 Å². The SMILES string of the molecule is O=C(CCNC(=O)c1ccc(Br)cc1)NCc1nnc2n1CCCCC2. The minimum Gasteiger partial charge on any atom is -0.352 e. The summed E-state index contributed by atoms with van der Waals surface area (Å²) in [5.41, 5.74) is 0.569. The van der Waals surface area contributed by atoms with E-state index >= 15 is 0 Å². The zero-order valence-corrected chi connectivity index (χ0v) is 16.1. The molecule has 2 heterocycles. The summed E-state index contributed by atoms with van der Waals surface area (Å²) in [7, 11) is 0. The van der Waals surface area contributed by atoms with Gasteiger partial charge in [0.25, 0.3) is 5.91 Å². The molecule has 0 bridgehead atoms. The molecule has 2 amide bonds. The molecule has 0 fully saturated rings. The van der Waals surface area contributed by atoms with Crippen LogP contribution >= 0.6 is 15.9 Å². The first kappa shape index (κ1) is 18.6. The molecule has 0 aliphatic carbocycles. The van der Waals surface area contributed by atoms with E-state index in [1.807, 2.05) is 12.1 Å². The standard InChI is InChI=1S/C18H22BrN5O2/c19-14-7-5-13(6-8-14)18(26)20-10-9-17(25)21-12-16-23-22-15-4-2-1-3-11-24(15)16/h5-8H,1-4,9-12H2,(H,20,26)(H,21,25). The summed E-state index contributed by atoms with van der Waals surface area (Å²) in [5.74, 6) is 1.50. The molecule has 0 saturated carbocycles. The number of aromatic nitrogens is 3. The van der Waals surface area contributed by atoms with Crippen molar-refractivity contribution < 1.29 is 9.59 Å². The quantitative estimate of drug-likeness (QED) is 0.750. The van der Waals surface area contributed by atoms with Crippen molar-refractivity contribution in [3.05, 3.63) is 46.0 Å². The average Bonchev–Trinajstić information content (AvgIpc) is 2.86. The number of aryl methyl sites for hydroxylation is 1. The summed E-state index contributed by atoms with van der Waals surface area (Å²) >= 11 is 3.33. The van der Waals surface area contributed by atoms with Gasteiger partial charge in [0.1, 0.15) is 5.82 Å². The lowest BCUT2D eigenvalue weighted by atomic mass is 10.2. The Morgan fingerprint density at radius 3 is 2.69 bits per heavy atom. The molecule has 2 N–H and O–H groups in total. The Labute approximate surface area is 160 Å². The number of carbonyl (C=O) groups is 2. The van der Waals surface area contributed by atoms with Crippen LogP contribution in [0.1, 0.15) is 47.7 Å². The van der Waals surface area contributed by atoms with Gasteiger partial charge >= 0.3 is 0 Å². The number of halogens is 1. The molecule has 1 aliphatic rings. The second kappa shape index (κ2) is 8.93. The molecule has 1 aliphatic heterocycles. The van der Waals surface area contributed by atoms with E-state index in [1.165, 1.54) is 6.42 Å². The molecule has 138 valence electrons. The summed E-state index contributed by atoms with van der Waals surface area (Å²) in [4.78, 5) is 24.0. The number of fused-ring (bicyclic) bond motifs is 1. The first-order chi connectivity index (χ1) is 12.6. The van der Waals surface area contributed by atoms with Gasteiger partial charge in [-0.25, -0.2) is 0 Å². The zero-order valence-electron chi connectivity index (χ0n) is 14.5. The van der Waals surface area contributed by atoms with Crippen LogP contribution in [-0.4, -0.2) is 33.1 Å². The van der Waals surface area contributed by atoms with Gasteiger partial charge in [-0.05, 0) is 37.1 Å². The molecule has 1 aromatic carbocycles. The van der Waals surface area contributed by atoms with E-state index in [9.17, 15) is 9.59 Å². The van der Waals surface area contributed by atoms with Gasteiger partial charge < -0.3 is 15.2 Å². The van der Waals surface area contributed by atoms with Gasteiger partial charge in [-0.3, -0.25) is 9.59 Å². The van der Waals surface area contributed by atoms with E-state index in [-0.39, 0.29) is 18.2 Å². The Hall–Kier alpha value is -2.22. The molecule has 0 atom stereocenters. The molecule has 2 aromatic rings. The van der Waals surface area contributed by atoms with Crippen LogP contribution in [0, 0.1) is 0 Å². The van der Waals surface area contributed by atoms with E-state index in [4.69, 9.17) is 0 Å². The van der Waals surface area contributed by atoms with Crippen molar-refractivity contribution in [3.8, 4) is 0 Å². The van der Waals surface area contributed by atoms with Crippen LogP contribution in [0.15, 0.2) is 28.7 Å². The van der Waals surface area contributed by atoms with Crippen LogP contribution in [-0.2, 0) is 24.3 Å². The monoisotopic (exact) mass is 419 g/mol. The van der Waals surface area contributed by atoms with Crippen LogP contribution in [0.4, 0.5) is 0 Å². The summed E-state index contributed by atoms with van der Waals surface area (Å²) in [5, 5.41) is 14.0. The highest BCUT2D eigenvalue weighted by Gasteiger charge is 2.15. The van der Waals surface area contributed by atoms with Crippen molar-refractivity contribution in [3.63, 3.8) is 0 Å². The van der Waals surface area contributed by atoms with Gasteiger partial charge in [0.05, 0.1) is 6.54 Å². The number of hydrogen-bond donors (Lipinski definition) is 2. The van der Waals surface area contributed by atoms with Gasteiger partial charge in [-0.15, -0.1) is 10.2 Å². The lowest BCUT2D eigenvalue weighted by Gasteiger charge is -2.09. The Morgan fingerprint density at radius 2 is 1.88 bits per heavy atom. The Morgan fingerprint density at radius 1 is 1.08 bits per heavy atom. The molecule has 3 rings (SSSR count). The summed E-state index contributed by atoms with van der Waals surface area (Å²) in [6.07, 6.45) is 4.64. The van der Waals surface area contributed by atoms with Gasteiger partial charge in [-0.2, -0.15) is 0 Å². The van der Waals surface area contributed by atoms with Crippen molar-refractivity contribution >= 4 is 27.7 Å². The second-order valence-corrected chi connectivity index (χ2v) is 7.20. The largest absolute Gasteiger partial charge is 0.352 e. The van der Waals surface area contributed by atoms with Gasteiger partial charge in [0, 0.05) is 36.0 Å². The first-order valence-electron chi connectivity index (χ1n) is 8.85. The molecule has 8 heteroatoms.